The third-order valence-electron chi connectivity index (χ3n) is 3.04. The molecule has 0 heterocycles. The molecule has 6 heteroatoms. The maximum absolute atomic E-state index is 12.9. The molecule has 1 unspecified atom stereocenters. The Kier molecular flexibility index (Phi) is 5.95. The van der Waals surface area contributed by atoms with E-state index in [1.165, 1.54) is 6.07 Å². The van der Waals surface area contributed by atoms with Crippen molar-refractivity contribution >= 4 is 15.7 Å². The number of hydrogen-bond donors (Lipinski definition) is 2. The van der Waals surface area contributed by atoms with Crippen LogP contribution in [0.15, 0.2) is 23.1 Å². The molecule has 1 aromatic carbocycles. The Labute approximate surface area is 120 Å². The van der Waals surface area contributed by atoms with Crippen molar-refractivity contribution in [2.45, 2.75) is 51.0 Å². The molecule has 0 aliphatic rings. The van der Waals surface area contributed by atoms with E-state index in [-0.39, 0.29) is 16.6 Å². The highest BCUT2D eigenvalue weighted by Gasteiger charge is 2.20. The van der Waals surface area contributed by atoms with Crippen molar-refractivity contribution in [2.24, 2.45) is 5.92 Å². The molecule has 0 aliphatic heterocycles. The predicted octanol–water partition coefficient (Wildman–Crippen LogP) is 2.90. The standard InChI is InChI=1S/C14H23FN2O2S/c1-10(2)5-4-6-11(3)17-20(18,19)14-8-7-12(15)9-13(14)16/h7-11,17H,4-6,16H2,1-3H3. The second-order valence-corrected chi connectivity index (χ2v) is 7.21. The minimum atomic E-state index is -3.70. The van der Waals surface area contributed by atoms with E-state index < -0.39 is 15.8 Å². The molecule has 0 amide bonds. The first kappa shape index (κ1) is 16.9. The van der Waals surface area contributed by atoms with Gasteiger partial charge in [-0.3, -0.25) is 0 Å². The van der Waals surface area contributed by atoms with Gasteiger partial charge < -0.3 is 5.73 Å². The Bertz CT molecular complexity index is 544. The topological polar surface area (TPSA) is 72.2 Å². The summed E-state index contributed by atoms with van der Waals surface area (Å²) >= 11 is 0. The van der Waals surface area contributed by atoms with Gasteiger partial charge in [-0.2, -0.15) is 0 Å². The van der Waals surface area contributed by atoms with Crippen molar-refractivity contribution in [3.63, 3.8) is 0 Å². The molecular formula is C14H23FN2O2S. The zero-order chi connectivity index (χ0) is 15.3. The molecule has 1 rings (SSSR count). The summed E-state index contributed by atoms with van der Waals surface area (Å²) in [6, 6.07) is 3.11. The van der Waals surface area contributed by atoms with Gasteiger partial charge >= 0.3 is 0 Å². The van der Waals surface area contributed by atoms with Gasteiger partial charge in [-0.15, -0.1) is 0 Å². The van der Waals surface area contributed by atoms with Crippen molar-refractivity contribution in [1.29, 1.82) is 0 Å². The van der Waals surface area contributed by atoms with E-state index in [9.17, 15) is 12.8 Å². The van der Waals surface area contributed by atoms with Crippen LogP contribution in [0.3, 0.4) is 0 Å². The molecule has 0 saturated heterocycles. The Hall–Kier alpha value is -1.14. The number of nitrogens with two attached hydrogens (primary N) is 1. The van der Waals surface area contributed by atoms with Crippen LogP contribution < -0.4 is 10.5 Å². The zero-order valence-corrected chi connectivity index (χ0v) is 13.0. The number of rotatable bonds is 7. The number of anilines is 1. The fourth-order valence-electron chi connectivity index (χ4n) is 1.98. The van der Waals surface area contributed by atoms with Gasteiger partial charge in [0.25, 0.3) is 0 Å². The quantitative estimate of drug-likeness (QED) is 0.761. The number of nitrogen functional groups attached to an aromatic ring is 1. The lowest BCUT2D eigenvalue weighted by Crippen LogP contribution is -2.33. The SMILES string of the molecule is CC(C)CCCC(C)NS(=O)(=O)c1ccc(F)cc1N. The van der Waals surface area contributed by atoms with Gasteiger partial charge in [-0.1, -0.05) is 26.7 Å². The van der Waals surface area contributed by atoms with Gasteiger partial charge in [-0.05, 0) is 37.5 Å². The summed E-state index contributed by atoms with van der Waals surface area (Å²) in [5, 5.41) is 0. The third-order valence-corrected chi connectivity index (χ3v) is 4.70. The molecule has 0 saturated carbocycles. The monoisotopic (exact) mass is 302 g/mol. The number of halogens is 1. The highest BCUT2D eigenvalue weighted by Crippen LogP contribution is 2.20. The van der Waals surface area contributed by atoms with Gasteiger partial charge in [-0.25, -0.2) is 17.5 Å². The van der Waals surface area contributed by atoms with Gasteiger partial charge in [0.1, 0.15) is 10.7 Å². The molecule has 3 N–H and O–H groups in total. The average Bonchev–Trinajstić information content (AvgIpc) is 2.26. The summed E-state index contributed by atoms with van der Waals surface area (Å²) in [6.45, 7) is 6.08. The number of nitrogens with one attached hydrogen (secondary N) is 1. The zero-order valence-electron chi connectivity index (χ0n) is 12.2. The van der Waals surface area contributed by atoms with E-state index in [1.807, 2.05) is 6.92 Å². The number of sulfonamides is 1. The first-order chi connectivity index (χ1) is 9.22. The maximum atomic E-state index is 12.9. The lowest BCUT2D eigenvalue weighted by atomic mass is 10.0. The van der Waals surface area contributed by atoms with E-state index in [4.69, 9.17) is 5.73 Å². The average molecular weight is 302 g/mol. The highest BCUT2D eigenvalue weighted by molar-refractivity contribution is 7.89. The summed E-state index contributed by atoms with van der Waals surface area (Å²) in [7, 11) is -3.70. The smallest absolute Gasteiger partial charge is 0.242 e. The maximum Gasteiger partial charge on any atom is 0.242 e. The molecule has 0 fully saturated rings. The molecule has 4 nitrogen and oxygen atoms in total. The van der Waals surface area contributed by atoms with E-state index in [0.717, 1.165) is 31.4 Å². The summed E-state index contributed by atoms with van der Waals surface area (Å²) in [6.07, 6.45) is 2.78. The van der Waals surface area contributed by atoms with Gasteiger partial charge in [0, 0.05) is 6.04 Å². The van der Waals surface area contributed by atoms with Crippen LogP contribution in [0.5, 0.6) is 0 Å². The Morgan fingerprint density at radius 1 is 1.25 bits per heavy atom. The second kappa shape index (κ2) is 7.04. The first-order valence-corrected chi connectivity index (χ1v) is 8.28. The van der Waals surface area contributed by atoms with Crippen LogP contribution in [0.1, 0.15) is 40.0 Å². The largest absolute Gasteiger partial charge is 0.398 e. The van der Waals surface area contributed by atoms with Crippen LogP contribution >= 0.6 is 0 Å². The van der Waals surface area contributed by atoms with Crippen molar-refractivity contribution in [1.82, 2.24) is 4.72 Å². The van der Waals surface area contributed by atoms with Crippen molar-refractivity contribution in [2.75, 3.05) is 5.73 Å². The summed E-state index contributed by atoms with van der Waals surface area (Å²) in [5.74, 6) is 0.0537. The molecule has 20 heavy (non-hydrogen) atoms. The van der Waals surface area contributed by atoms with Gasteiger partial charge in [0.05, 0.1) is 5.69 Å². The Morgan fingerprint density at radius 3 is 2.45 bits per heavy atom. The second-order valence-electron chi connectivity index (χ2n) is 5.53. The summed E-state index contributed by atoms with van der Waals surface area (Å²) in [4.78, 5) is -0.0744. The van der Waals surface area contributed by atoms with Gasteiger partial charge in [0.2, 0.25) is 10.0 Å². The molecule has 114 valence electrons. The van der Waals surface area contributed by atoms with E-state index in [0.29, 0.717) is 5.92 Å². The summed E-state index contributed by atoms with van der Waals surface area (Å²) in [5.41, 5.74) is 5.49. The lowest BCUT2D eigenvalue weighted by Gasteiger charge is -2.15. The fourth-order valence-corrected chi connectivity index (χ4v) is 3.37. The van der Waals surface area contributed by atoms with Crippen LogP contribution in [-0.2, 0) is 10.0 Å². The number of hydrogen-bond acceptors (Lipinski definition) is 3. The Morgan fingerprint density at radius 2 is 1.90 bits per heavy atom. The summed E-state index contributed by atoms with van der Waals surface area (Å²) < 4.78 is 39.8. The first-order valence-electron chi connectivity index (χ1n) is 6.79. The predicted molar refractivity (Wildman–Crippen MR) is 79.3 cm³/mol. The van der Waals surface area contributed by atoms with E-state index in [2.05, 4.69) is 18.6 Å². The molecule has 0 spiro atoms. The van der Waals surface area contributed by atoms with Crippen molar-refractivity contribution < 1.29 is 12.8 Å². The molecule has 0 bridgehead atoms. The van der Waals surface area contributed by atoms with Crippen LogP contribution in [0.2, 0.25) is 0 Å². The normalized spacial score (nSPS) is 13.7. The molecule has 1 aromatic rings. The number of benzene rings is 1. The minimum absolute atomic E-state index is 0.0744. The van der Waals surface area contributed by atoms with Crippen LogP contribution in [0, 0.1) is 11.7 Å². The van der Waals surface area contributed by atoms with Crippen molar-refractivity contribution in [3.05, 3.63) is 24.0 Å². The minimum Gasteiger partial charge on any atom is -0.398 e. The molecule has 0 aromatic heterocycles. The molecular weight excluding hydrogens is 279 g/mol. The highest BCUT2D eigenvalue weighted by atomic mass is 32.2. The molecule has 0 radical (unpaired) electrons. The molecule has 1 atom stereocenters. The third kappa shape index (κ3) is 5.09. The molecule has 0 aliphatic carbocycles. The van der Waals surface area contributed by atoms with Crippen molar-refractivity contribution in [3.8, 4) is 0 Å². The van der Waals surface area contributed by atoms with Crippen LogP contribution in [0.25, 0.3) is 0 Å². The fraction of sp³-hybridized carbons (Fsp3) is 0.571. The van der Waals surface area contributed by atoms with Gasteiger partial charge in [0.15, 0.2) is 0 Å². The van der Waals surface area contributed by atoms with Crippen LogP contribution in [0.4, 0.5) is 10.1 Å². The van der Waals surface area contributed by atoms with E-state index >= 15 is 0 Å². The van der Waals surface area contributed by atoms with Crippen LogP contribution in [-0.4, -0.2) is 14.5 Å². The van der Waals surface area contributed by atoms with E-state index in [1.54, 1.807) is 0 Å². The lowest BCUT2D eigenvalue weighted by molar-refractivity contribution is 0.488. The Balaban J connectivity index is 2.69.